The number of nitrogens with one attached hydrogen (secondary N) is 2. The van der Waals surface area contributed by atoms with Crippen LogP contribution in [0.3, 0.4) is 0 Å². The van der Waals surface area contributed by atoms with Crippen molar-refractivity contribution in [1.29, 1.82) is 0 Å². The van der Waals surface area contributed by atoms with Crippen molar-refractivity contribution in [2.75, 3.05) is 42.5 Å². The topological polar surface area (TPSA) is 50.9 Å². The van der Waals surface area contributed by atoms with E-state index in [-0.39, 0.29) is 5.91 Å². The van der Waals surface area contributed by atoms with Crippen LogP contribution in [0, 0.1) is 6.92 Å². The average Bonchev–Trinajstić information content (AvgIpc) is 2.93. The molecule has 0 unspecified atom stereocenters. The van der Waals surface area contributed by atoms with Crippen LogP contribution in [0.5, 0.6) is 0 Å². The maximum atomic E-state index is 13.5. The van der Waals surface area contributed by atoms with E-state index in [1.54, 1.807) is 0 Å². The van der Waals surface area contributed by atoms with Crippen molar-refractivity contribution in [3.63, 3.8) is 0 Å². The second-order valence-electron chi connectivity index (χ2n) is 10.2. The predicted molar refractivity (Wildman–Crippen MR) is 157 cm³/mol. The molecule has 0 saturated carbocycles. The number of carbonyl (C=O) groups excluding carboxylic acids is 1. The Balaban J connectivity index is 1.20. The van der Waals surface area contributed by atoms with Crippen molar-refractivity contribution in [3.05, 3.63) is 107 Å². The molecule has 3 aliphatic heterocycles. The van der Waals surface area contributed by atoms with Crippen molar-refractivity contribution in [3.8, 4) is 0 Å². The molecule has 0 radical (unpaired) electrons. The zero-order valence-corrected chi connectivity index (χ0v) is 22.8. The van der Waals surface area contributed by atoms with Gasteiger partial charge in [-0.1, -0.05) is 48.9 Å². The highest BCUT2D eigenvalue weighted by molar-refractivity contribution is 5.94. The van der Waals surface area contributed by atoms with Crippen LogP contribution in [-0.4, -0.2) is 43.5 Å². The largest absolute Gasteiger partial charge is 0.386 e. The van der Waals surface area contributed by atoms with Gasteiger partial charge in [0.05, 0.1) is 0 Å². The van der Waals surface area contributed by atoms with Crippen molar-refractivity contribution >= 4 is 17.3 Å². The Bertz CT molecular complexity index is 1260. The van der Waals surface area contributed by atoms with Gasteiger partial charge in [0.15, 0.2) is 0 Å². The minimum Gasteiger partial charge on any atom is -0.386 e. The molecule has 3 aliphatic rings. The third-order valence-electron chi connectivity index (χ3n) is 7.59. The highest BCUT2D eigenvalue weighted by atomic mass is 16.2. The number of allylic oxidation sites excluding steroid dienone is 4. The summed E-state index contributed by atoms with van der Waals surface area (Å²) < 4.78 is 0. The Morgan fingerprint density at radius 2 is 1.55 bits per heavy atom. The normalized spacial score (nSPS) is 21.0. The fraction of sp³-hybridized carbons (Fsp3) is 0.344. The number of hydrogen-bond acceptors (Lipinski definition) is 5. The summed E-state index contributed by atoms with van der Waals surface area (Å²) in [6, 6.07) is 17.4. The molecule has 2 aromatic carbocycles. The number of hydrogen-bond donors (Lipinski definition) is 2. The molecule has 1 saturated heterocycles. The number of benzene rings is 2. The van der Waals surface area contributed by atoms with Gasteiger partial charge in [-0.3, -0.25) is 4.79 Å². The van der Waals surface area contributed by atoms with Gasteiger partial charge in [-0.2, -0.15) is 0 Å². The molecule has 1 fully saturated rings. The molecule has 2 aromatic rings. The summed E-state index contributed by atoms with van der Waals surface area (Å²) in [7, 11) is 0. The number of amides is 1. The lowest BCUT2D eigenvalue weighted by Gasteiger charge is -2.37. The quantitative estimate of drug-likeness (QED) is 0.560. The Labute approximate surface area is 227 Å². The van der Waals surface area contributed by atoms with Gasteiger partial charge in [0.2, 0.25) is 0 Å². The van der Waals surface area contributed by atoms with Crippen LogP contribution < -0.4 is 20.4 Å². The molecule has 3 heterocycles. The molecule has 6 nitrogen and oxygen atoms in total. The lowest BCUT2D eigenvalue weighted by Crippen LogP contribution is -2.46. The molecule has 0 aromatic heterocycles. The Morgan fingerprint density at radius 3 is 2.18 bits per heavy atom. The molecule has 0 bridgehead atoms. The van der Waals surface area contributed by atoms with Crippen LogP contribution in [0.25, 0.3) is 0 Å². The van der Waals surface area contributed by atoms with Gasteiger partial charge in [-0.15, -0.1) is 0 Å². The van der Waals surface area contributed by atoms with E-state index in [1.807, 2.05) is 17.2 Å². The Morgan fingerprint density at radius 1 is 0.921 bits per heavy atom. The lowest BCUT2D eigenvalue weighted by atomic mass is 10.0. The minimum absolute atomic E-state index is 0.0576. The van der Waals surface area contributed by atoms with E-state index < -0.39 is 0 Å². The Kier molecular flexibility index (Phi) is 7.87. The van der Waals surface area contributed by atoms with Gasteiger partial charge < -0.3 is 25.3 Å². The highest BCUT2D eigenvalue weighted by Gasteiger charge is 2.26. The van der Waals surface area contributed by atoms with Crippen LogP contribution in [0.2, 0.25) is 0 Å². The first-order valence-electron chi connectivity index (χ1n) is 13.8. The van der Waals surface area contributed by atoms with Crippen LogP contribution in [0.1, 0.15) is 37.8 Å². The van der Waals surface area contributed by atoms with E-state index in [9.17, 15) is 4.79 Å². The second-order valence-corrected chi connectivity index (χ2v) is 10.2. The van der Waals surface area contributed by atoms with Gasteiger partial charge in [0, 0.05) is 68.2 Å². The second kappa shape index (κ2) is 11.6. The van der Waals surface area contributed by atoms with Gasteiger partial charge in [0.25, 0.3) is 5.91 Å². The number of rotatable bonds is 6. The maximum absolute atomic E-state index is 13.5. The molecule has 0 spiro atoms. The number of nitrogens with zero attached hydrogens (tertiary/aromatic N) is 3. The molecule has 0 aliphatic carbocycles. The van der Waals surface area contributed by atoms with Crippen molar-refractivity contribution < 1.29 is 4.79 Å². The van der Waals surface area contributed by atoms with Crippen molar-refractivity contribution in [1.82, 2.24) is 15.5 Å². The number of aryl methyl sites for hydroxylation is 1. The number of piperazine rings is 1. The molecule has 2 N–H and O–H groups in total. The third kappa shape index (κ3) is 5.64. The van der Waals surface area contributed by atoms with E-state index in [4.69, 9.17) is 0 Å². The van der Waals surface area contributed by atoms with Crippen LogP contribution in [-0.2, 0) is 11.3 Å². The molecule has 6 heteroatoms. The minimum atomic E-state index is -0.0576. The van der Waals surface area contributed by atoms with E-state index >= 15 is 0 Å². The summed E-state index contributed by atoms with van der Waals surface area (Å²) in [5, 5.41) is 6.65. The fourth-order valence-corrected chi connectivity index (χ4v) is 5.35. The summed E-state index contributed by atoms with van der Waals surface area (Å²) in [4.78, 5) is 20.4. The predicted octanol–water partition coefficient (Wildman–Crippen LogP) is 5.21. The van der Waals surface area contributed by atoms with Gasteiger partial charge in [-0.05, 0) is 68.2 Å². The molecule has 198 valence electrons. The van der Waals surface area contributed by atoms with E-state index in [0.29, 0.717) is 12.2 Å². The summed E-state index contributed by atoms with van der Waals surface area (Å²) in [6.45, 7) is 11.7. The van der Waals surface area contributed by atoms with E-state index in [2.05, 4.69) is 102 Å². The molecule has 0 atom stereocenters. The van der Waals surface area contributed by atoms with Crippen molar-refractivity contribution in [2.45, 2.75) is 40.2 Å². The number of carbonyl (C=O) groups is 1. The van der Waals surface area contributed by atoms with Crippen LogP contribution in [0.4, 0.5) is 11.4 Å². The van der Waals surface area contributed by atoms with E-state index in [0.717, 1.165) is 62.5 Å². The summed E-state index contributed by atoms with van der Waals surface area (Å²) >= 11 is 0. The maximum Gasteiger partial charge on any atom is 0.270 e. The molecular formula is C32H39N5O. The van der Waals surface area contributed by atoms with Gasteiger partial charge in [0.1, 0.15) is 5.70 Å². The molecular weight excluding hydrogens is 470 g/mol. The van der Waals surface area contributed by atoms with Crippen molar-refractivity contribution in [2.24, 2.45) is 0 Å². The smallest absolute Gasteiger partial charge is 0.270 e. The number of fused-ring (bicyclic) bond motifs is 1. The molecule has 1 amide bonds. The first-order chi connectivity index (χ1) is 18.5. The zero-order valence-electron chi connectivity index (χ0n) is 22.8. The summed E-state index contributed by atoms with van der Waals surface area (Å²) in [5.41, 5.74) is 8.86. The average molecular weight is 510 g/mol. The van der Waals surface area contributed by atoms with Gasteiger partial charge in [-0.25, -0.2) is 0 Å². The SMILES string of the molecule is CC/C1=C(\C(=O)NCc2ccc(N3CCN(c4ccc(C)cc4)CC3)cc2)N2C=CC=C(C)/C2=C\CCN1. The highest BCUT2D eigenvalue weighted by Crippen LogP contribution is 2.29. The molecule has 38 heavy (non-hydrogen) atoms. The summed E-state index contributed by atoms with van der Waals surface area (Å²) in [6.07, 6.45) is 10.0. The van der Waals surface area contributed by atoms with Crippen LogP contribution in [0.15, 0.2) is 95.6 Å². The van der Waals surface area contributed by atoms with Gasteiger partial charge >= 0.3 is 0 Å². The molecule has 5 rings (SSSR count). The van der Waals surface area contributed by atoms with Crippen LogP contribution >= 0.6 is 0 Å². The zero-order chi connectivity index (χ0) is 26.5. The fourth-order valence-electron chi connectivity index (χ4n) is 5.35. The van der Waals surface area contributed by atoms with E-state index in [1.165, 1.54) is 22.5 Å². The monoisotopic (exact) mass is 509 g/mol. The number of anilines is 2. The first-order valence-corrected chi connectivity index (χ1v) is 13.8. The third-order valence-corrected chi connectivity index (χ3v) is 7.59. The Hall–Kier alpha value is -3.93. The summed E-state index contributed by atoms with van der Waals surface area (Å²) in [5.74, 6) is -0.0576. The first kappa shape index (κ1) is 25.7. The lowest BCUT2D eigenvalue weighted by molar-refractivity contribution is -0.118. The standard InChI is InChI=1S/C32H39N5O/c1-4-29-31(37-18-6-7-25(3)30(37)8-5-17-33-29)32(38)34-23-26-11-15-28(16-12-26)36-21-19-35(20-22-36)27-13-9-24(2)10-14-27/h6-16,18,33H,4-5,17,19-23H2,1-3H3,(H,34,38)/b30-8+,31-29-.